The Morgan fingerprint density at radius 3 is 1.43 bits per heavy atom. The second-order valence-electron chi connectivity index (χ2n) is 3.39. The van der Waals surface area contributed by atoms with Crippen LogP contribution in [-0.2, 0) is 9.59 Å². The van der Waals surface area contributed by atoms with E-state index in [1.807, 2.05) is 0 Å². The fourth-order valence-corrected chi connectivity index (χ4v) is 1.47. The molecule has 1 heterocycles. The molecule has 14 heavy (non-hydrogen) atoms. The van der Waals surface area contributed by atoms with Gasteiger partial charge in [-0.2, -0.15) is 0 Å². The van der Waals surface area contributed by atoms with Crippen molar-refractivity contribution in [1.82, 2.24) is 20.9 Å². The lowest BCUT2D eigenvalue weighted by Crippen LogP contribution is -2.71. The standard InChI is InChI=1S/C8H16N4O2/c1-5-9-12(8(4)14)6(2)10-11(5)7(3)13/h5-6,9-10H,1-4H3. The predicted octanol–water partition coefficient (Wildman–Crippen LogP) is -0.602. The molecule has 0 radical (unpaired) electrons. The Bertz CT molecular complexity index is 230. The number of nitrogens with one attached hydrogen (secondary N) is 2. The van der Waals surface area contributed by atoms with Gasteiger partial charge in [0.1, 0.15) is 12.3 Å². The lowest BCUT2D eigenvalue weighted by molar-refractivity contribution is -0.161. The van der Waals surface area contributed by atoms with Crippen LogP contribution in [-0.4, -0.2) is 34.2 Å². The first-order chi connectivity index (χ1) is 6.43. The third kappa shape index (κ3) is 2.02. The van der Waals surface area contributed by atoms with E-state index in [4.69, 9.17) is 0 Å². The van der Waals surface area contributed by atoms with Crippen LogP contribution in [0, 0.1) is 0 Å². The molecule has 80 valence electrons. The van der Waals surface area contributed by atoms with E-state index in [0.717, 1.165) is 0 Å². The highest BCUT2D eigenvalue weighted by molar-refractivity contribution is 5.75. The maximum absolute atomic E-state index is 11.2. The quantitative estimate of drug-likeness (QED) is 0.548. The summed E-state index contributed by atoms with van der Waals surface area (Å²) in [5.74, 6) is -0.167. The van der Waals surface area contributed by atoms with Gasteiger partial charge in [-0.3, -0.25) is 19.6 Å². The molecule has 1 aliphatic heterocycles. The molecule has 6 nitrogen and oxygen atoms in total. The molecule has 0 aliphatic carbocycles. The third-order valence-corrected chi connectivity index (χ3v) is 2.10. The van der Waals surface area contributed by atoms with Crippen LogP contribution in [0.15, 0.2) is 0 Å². The molecule has 1 rings (SSSR count). The molecule has 0 aromatic carbocycles. The van der Waals surface area contributed by atoms with E-state index >= 15 is 0 Å². The second-order valence-corrected chi connectivity index (χ2v) is 3.39. The molecule has 2 unspecified atom stereocenters. The molecule has 0 aromatic heterocycles. The molecule has 2 amide bonds. The van der Waals surface area contributed by atoms with Crippen LogP contribution in [0.5, 0.6) is 0 Å². The van der Waals surface area contributed by atoms with Gasteiger partial charge in [-0.05, 0) is 13.8 Å². The number of amides is 2. The van der Waals surface area contributed by atoms with Gasteiger partial charge in [0.2, 0.25) is 11.8 Å². The number of hydrogen-bond donors (Lipinski definition) is 2. The first kappa shape index (κ1) is 10.9. The average molecular weight is 200 g/mol. The summed E-state index contributed by atoms with van der Waals surface area (Å²) >= 11 is 0. The molecule has 6 heteroatoms. The van der Waals surface area contributed by atoms with Gasteiger partial charge >= 0.3 is 0 Å². The molecule has 2 atom stereocenters. The summed E-state index contributed by atoms with van der Waals surface area (Å²) in [6.07, 6.45) is -0.458. The molecule has 0 bridgehead atoms. The summed E-state index contributed by atoms with van der Waals surface area (Å²) in [7, 11) is 0. The van der Waals surface area contributed by atoms with Crippen LogP contribution in [0.1, 0.15) is 27.7 Å². The summed E-state index contributed by atoms with van der Waals surface area (Å²) in [5.41, 5.74) is 5.85. The number of carbonyl (C=O) groups is 2. The Morgan fingerprint density at radius 1 is 0.929 bits per heavy atom. The van der Waals surface area contributed by atoms with Gasteiger partial charge in [0.25, 0.3) is 0 Å². The van der Waals surface area contributed by atoms with Crippen molar-refractivity contribution in [3.05, 3.63) is 0 Å². The van der Waals surface area contributed by atoms with Crippen LogP contribution in [0.3, 0.4) is 0 Å². The smallest absolute Gasteiger partial charge is 0.235 e. The summed E-state index contributed by atoms with van der Waals surface area (Å²) in [5, 5.41) is 2.92. The topological polar surface area (TPSA) is 64.7 Å². The number of carbonyl (C=O) groups excluding carboxylic acids is 2. The van der Waals surface area contributed by atoms with Crippen LogP contribution >= 0.6 is 0 Å². The Labute approximate surface area is 83.2 Å². The number of hydrazine groups is 2. The number of nitrogens with zero attached hydrogens (tertiary/aromatic N) is 2. The van der Waals surface area contributed by atoms with E-state index in [0.29, 0.717) is 0 Å². The van der Waals surface area contributed by atoms with Crippen molar-refractivity contribution in [3.8, 4) is 0 Å². The first-order valence-electron chi connectivity index (χ1n) is 4.55. The van der Waals surface area contributed by atoms with Crippen molar-refractivity contribution in [3.63, 3.8) is 0 Å². The van der Waals surface area contributed by atoms with Gasteiger partial charge in [0.15, 0.2) is 0 Å². The van der Waals surface area contributed by atoms with E-state index in [-0.39, 0.29) is 24.1 Å². The highest BCUT2D eigenvalue weighted by Gasteiger charge is 2.30. The highest BCUT2D eigenvalue weighted by atomic mass is 16.2. The van der Waals surface area contributed by atoms with Crippen LogP contribution in [0.4, 0.5) is 0 Å². The van der Waals surface area contributed by atoms with Gasteiger partial charge in [-0.15, -0.1) is 0 Å². The zero-order valence-corrected chi connectivity index (χ0v) is 8.87. The minimum Gasteiger partial charge on any atom is -0.274 e. The first-order valence-corrected chi connectivity index (χ1v) is 4.55. The molecular weight excluding hydrogens is 184 g/mol. The highest BCUT2D eigenvalue weighted by Crippen LogP contribution is 2.05. The molecule has 1 aliphatic rings. The van der Waals surface area contributed by atoms with Gasteiger partial charge in [-0.25, -0.2) is 10.9 Å². The Balaban J connectivity index is 2.71. The summed E-state index contributed by atoms with van der Waals surface area (Å²) in [6.45, 7) is 6.55. The Kier molecular flexibility index (Phi) is 3.07. The SMILES string of the molecule is CC(=O)N1NC(C)N(C(C)=O)NC1C. The number of rotatable bonds is 0. The number of hydrogen-bond acceptors (Lipinski definition) is 4. The molecular formula is C8H16N4O2. The Hall–Kier alpha value is -1.14. The molecule has 1 saturated heterocycles. The fourth-order valence-electron chi connectivity index (χ4n) is 1.47. The minimum atomic E-state index is -0.229. The minimum absolute atomic E-state index is 0.0833. The zero-order valence-electron chi connectivity index (χ0n) is 8.87. The van der Waals surface area contributed by atoms with E-state index in [1.165, 1.54) is 23.9 Å². The lowest BCUT2D eigenvalue weighted by atomic mass is 10.4. The van der Waals surface area contributed by atoms with Crippen LogP contribution in [0.2, 0.25) is 0 Å². The monoisotopic (exact) mass is 200 g/mol. The summed E-state index contributed by atoms with van der Waals surface area (Å²) in [6, 6.07) is 0. The normalized spacial score (nSPS) is 27.7. The van der Waals surface area contributed by atoms with Crippen molar-refractivity contribution in [2.45, 2.75) is 40.0 Å². The van der Waals surface area contributed by atoms with E-state index in [2.05, 4.69) is 10.9 Å². The van der Waals surface area contributed by atoms with Gasteiger partial charge in [0, 0.05) is 13.8 Å². The van der Waals surface area contributed by atoms with Crippen molar-refractivity contribution >= 4 is 11.8 Å². The van der Waals surface area contributed by atoms with E-state index in [9.17, 15) is 9.59 Å². The second kappa shape index (κ2) is 3.93. The molecule has 2 N–H and O–H groups in total. The summed E-state index contributed by atoms with van der Waals surface area (Å²) in [4.78, 5) is 22.3. The fraction of sp³-hybridized carbons (Fsp3) is 0.750. The van der Waals surface area contributed by atoms with E-state index < -0.39 is 0 Å². The predicted molar refractivity (Wildman–Crippen MR) is 50.2 cm³/mol. The maximum Gasteiger partial charge on any atom is 0.235 e. The average Bonchev–Trinajstić information content (AvgIpc) is 2.07. The van der Waals surface area contributed by atoms with Crippen molar-refractivity contribution in [2.75, 3.05) is 0 Å². The molecule has 0 saturated carbocycles. The molecule has 1 fully saturated rings. The zero-order chi connectivity index (χ0) is 10.9. The lowest BCUT2D eigenvalue weighted by Gasteiger charge is -2.44. The van der Waals surface area contributed by atoms with Gasteiger partial charge in [0.05, 0.1) is 0 Å². The van der Waals surface area contributed by atoms with E-state index in [1.54, 1.807) is 13.8 Å². The van der Waals surface area contributed by atoms with Crippen molar-refractivity contribution in [2.24, 2.45) is 0 Å². The molecule has 0 aromatic rings. The summed E-state index contributed by atoms with van der Waals surface area (Å²) < 4.78 is 0. The largest absolute Gasteiger partial charge is 0.274 e. The van der Waals surface area contributed by atoms with Crippen molar-refractivity contribution < 1.29 is 9.59 Å². The van der Waals surface area contributed by atoms with Crippen LogP contribution < -0.4 is 10.9 Å². The third-order valence-electron chi connectivity index (χ3n) is 2.10. The Morgan fingerprint density at radius 2 is 1.21 bits per heavy atom. The van der Waals surface area contributed by atoms with Gasteiger partial charge in [-0.1, -0.05) is 0 Å². The maximum atomic E-state index is 11.2. The molecule has 0 spiro atoms. The van der Waals surface area contributed by atoms with Crippen molar-refractivity contribution in [1.29, 1.82) is 0 Å². The van der Waals surface area contributed by atoms with Crippen LogP contribution in [0.25, 0.3) is 0 Å². The van der Waals surface area contributed by atoms with Gasteiger partial charge < -0.3 is 0 Å².